The van der Waals surface area contributed by atoms with Gasteiger partial charge in [0, 0.05) is 51.9 Å². The van der Waals surface area contributed by atoms with Crippen molar-refractivity contribution in [2.45, 2.75) is 19.5 Å². The van der Waals surface area contributed by atoms with Crippen LogP contribution in [0.25, 0.3) is 11.0 Å². The molecule has 1 aromatic carbocycles. The van der Waals surface area contributed by atoms with Crippen molar-refractivity contribution in [1.82, 2.24) is 24.8 Å². The topological polar surface area (TPSA) is 66.3 Å². The molecule has 7 nitrogen and oxygen atoms in total. The van der Waals surface area contributed by atoms with Gasteiger partial charge in [0.2, 0.25) is 5.91 Å². The number of likely N-dealkylation sites (N-methyl/N-ethyl adjacent to an activating group) is 1. The van der Waals surface area contributed by atoms with Gasteiger partial charge in [0.15, 0.2) is 0 Å². The van der Waals surface area contributed by atoms with Crippen LogP contribution >= 0.6 is 0 Å². The average molecular weight is 378 g/mol. The van der Waals surface area contributed by atoms with E-state index in [-0.39, 0.29) is 5.91 Å². The third kappa shape index (κ3) is 4.31. The van der Waals surface area contributed by atoms with Crippen molar-refractivity contribution >= 4 is 22.8 Å². The van der Waals surface area contributed by atoms with Crippen molar-refractivity contribution in [3.63, 3.8) is 0 Å². The molecule has 1 fully saturated rings. The molecule has 4 rings (SSSR count). The monoisotopic (exact) mass is 378 g/mol. The lowest BCUT2D eigenvalue weighted by atomic mass is 10.2. The Morgan fingerprint density at radius 3 is 2.68 bits per heavy atom. The lowest BCUT2D eigenvalue weighted by molar-refractivity contribution is -0.121. The fourth-order valence-electron chi connectivity index (χ4n) is 3.44. The number of aryl methyl sites for hydroxylation is 1. The molecule has 1 amide bonds. The van der Waals surface area contributed by atoms with E-state index < -0.39 is 0 Å². The number of nitrogens with zero attached hydrogens (tertiary/aromatic N) is 5. The first-order valence-electron chi connectivity index (χ1n) is 9.74. The van der Waals surface area contributed by atoms with Gasteiger partial charge in [0.25, 0.3) is 0 Å². The summed E-state index contributed by atoms with van der Waals surface area (Å²) < 4.78 is 2.02. The number of fused-ring (bicyclic) bond motifs is 1. The number of benzene rings is 1. The summed E-state index contributed by atoms with van der Waals surface area (Å²) >= 11 is 0. The van der Waals surface area contributed by atoms with Gasteiger partial charge in [-0.3, -0.25) is 4.79 Å². The molecule has 0 aliphatic carbocycles. The van der Waals surface area contributed by atoms with Gasteiger partial charge >= 0.3 is 0 Å². The maximum atomic E-state index is 12.2. The van der Waals surface area contributed by atoms with Crippen molar-refractivity contribution in [1.29, 1.82) is 0 Å². The average Bonchev–Trinajstić information content (AvgIpc) is 3.15. The van der Waals surface area contributed by atoms with Crippen molar-refractivity contribution in [2.75, 3.05) is 38.1 Å². The van der Waals surface area contributed by atoms with E-state index in [1.54, 1.807) is 6.33 Å². The number of imidazole rings is 1. The Kier molecular flexibility index (Phi) is 5.53. The van der Waals surface area contributed by atoms with Gasteiger partial charge in [0.1, 0.15) is 5.82 Å². The minimum atomic E-state index is 0.0286. The fourth-order valence-corrected chi connectivity index (χ4v) is 3.44. The van der Waals surface area contributed by atoms with Gasteiger partial charge in [-0.15, -0.1) is 0 Å². The summed E-state index contributed by atoms with van der Waals surface area (Å²) in [7, 11) is 2.14. The summed E-state index contributed by atoms with van der Waals surface area (Å²) in [6, 6.07) is 12.0. The number of anilines is 1. The smallest absolute Gasteiger partial charge is 0.222 e. The predicted molar refractivity (Wildman–Crippen MR) is 110 cm³/mol. The summed E-state index contributed by atoms with van der Waals surface area (Å²) in [5.41, 5.74) is 3.02. The summed E-state index contributed by atoms with van der Waals surface area (Å²) in [5.74, 6) is 1.04. The van der Waals surface area contributed by atoms with Crippen LogP contribution in [0.3, 0.4) is 0 Å². The van der Waals surface area contributed by atoms with E-state index in [4.69, 9.17) is 0 Å². The fraction of sp³-hybridized carbons (Fsp3) is 0.381. The number of carbonyl (C=O) groups excluding carboxylic acids is 1. The Hall–Kier alpha value is -2.93. The number of carbonyl (C=O) groups is 1. The van der Waals surface area contributed by atoms with Gasteiger partial charge in [-0.2, -0.15) is 0 Å². The van der Waals surface area contributed by atoms with Crippen molar-refractivity contribution < 1.29 is 4.79 Å². The molecule has 1 saturated heterocycles. The van der Waals surface area contributed by atoms with Crippen molar-refractivity contribution in [2.24, 2.45) is 0 Å². The Morgan fingerprint density at radius 2 is 1.89 bits per heavy atom. The zero-order valence-electron chi connectivity index (χ0n) is 16.2. The van der Waals surface area contributed by atoms with Gasteiger partial charge in [0.05, 0.1) is 17.4 Å². The molecule has 1 aliphatic heterocycles. The zero-order valence-corrected chi connectivity index (χ0v) is 16.2. The first kappa shape index (κ1) is 18.4. The molecule has 0 saturated carbocycles. The van der Waals surface area contributed by atoms with Crippen LogP contribution in [0.2, 0.25) is 0 Å². The van der Waals surface area contributed by atoms with E-state index in [0.29, 0.717) is 19.5 Å². The Bertz CT molecular complexity index is 927. The van der Waals surface area contributed by atoms with Gasteiger partial charge < -0.3 is 19.7 Å². The first-order chi connectivity index (χ1) is 13.7. The summed E-state index contributed by atoms with van der Waals surface area (Å²) in [5, 5.41) is 2.98. The van der Waals surface area contributed by atoms with E-state index in [1.165, 1.54) is 0 Å². The predicted octanol–water partition coefficient (Wildman–Crippen LogP) is 1.89. The van der Waals surface area contributed by atoms with Crippen LogP contribution in [0.5, 0.6) is 0 Å². The van der Waals surface area contributed by atoms with Crippen molar-refractivity contribution in [3.05, 3.63) is 54.5 Å². The van der Waals surface area contributed by atoms with Crippen LogP contribution in [-0.2, 0) is 17.9 Å². The van der Waals surface area contributed by atoms with E-state index in [0.717, 1.165) is 48.6 Å². The number of aromatic nitrogens is 3. The second-order valence-electron chi connectivity index (χ2n) is 7.27. The molecule has 2 aromatic heterocycles. The lowest BCUT2D eigenvalue weighted by Gasteiger charge is -2.33. The maximum Gasteiger partial charge on any atom is 0.222 e. The Labute approximate surface area is 165 Å². The number of hydrogen-bond donors (Lipinski definition) is 1. The summed E-state index contributed by atoms with van der Waals surface area (Å²) in [6.07, 6.45) is 4.07. The SMILES string of the molecule is CN1CCN(c2ccc(CNC(=O)CCn3cnc4ccccc43)cn2)CC1. The molecule has 3 heterocycles. The van der Waals surface area contributed by atoms with Crippen LogP contribution in [-0.4, -0.2) is 58.6 Å². The molecule has 0 spiro atoms. The van der Waals surface area contributed by atoms with Crippen LogP contribution < -0.4 is 10.2 Å². The third-order valence-electron chi connectivity index (χ3n) is 5.23. The molecule has 0 atom stereocenters. The van der Waals surface area contributed by atoms with Crippen LogP contribution in [0.15, 0.2) is 48.9 Å². The van der Waals surface area contributed by atoms with Gasteiger partial charge in [-0.25, -0.2) is 9.97 Å². The van der Waals surface area contributed by atoms with Crippen molar-refractivity contribution in [3.8, 4) is 0 Å². The second-order valence-corrected chi connectivity index (χ2v) is 7.27. The van der Waals surface area contributed by atoms with Crippen LogP contribution in [0, 0.1) is 0 Å². The van der Waals surface area contributed by atoms with Crippen LogP contribution in [0.1, 0.15) is 12.0 Å². The summed E-state index contributed by atoms with van der Waals surface area (Å²) in [4.78, 5) is 25.8. The van der Waals surface area contributed by atoms with Gasteiger partial charge in [-0.1, -0.05) is 18.2 Å². The number of nitrogens with one attached hydrogen (secondary N) is 1. The van der Waals surface area contributed by atoms with E-state index >= 15 is 0 Å². The molecule has 1 aliphatic rings. The maximum absolute atomic E-state index is 12.2. The first-order valence-corrected chi connectivity index (χ1v) is 9.74. The molecule has 3 aromatic rings. The molecule has 28 heavy (non-hydrogen) atoms. The highest BCUT2D eigenvalue weighted by Crippen LogP contribution is 2.14. The molecule has 146 valence electrons. The number of amides is 1. The number of rotatable bonds is 6. The highest BCUT2D eigenvalue weighted by atomic mass is 16.1. The normalized spacial score (nSPS) is 15.1. The van der Waals surface area contributed by atoms with E-state index in [1.807, 2.05) is 47.2 Å². The Morgan fingerprint density at radius 1 is 1.07 bits per heavy atom. The minimum absolute atomic E-state index is 0.0286. The second kappa shape index (κ2) is 8.39. The third-order valence-corrected chi connectivity index (χ3v) is 5.23. The molecule has 7 heteroatoms. The molecular formula is C21H26N6O. The molecule has 0 bridgehead atoms. The quantitative estimate of drug-likeness (QED) is 0.710. The minimum Gasteiger partial charge on any atom is -0.354 e. The Balaban J connectivity index is 1.25. The number of pyridine rings is 1. The largest absolute Gasteiger partial charge is 0.354 e. The summed E-state index contributed by atoms with van der Waals surface area (Å²) in [6.45, 7) is 5.24. The van der Waals surface area contributed by atoms with E-state index in [2.05, 4.69) is 32.1 Å². The number of para-hydroxylation sites is 2. The molecule has 1 N–H and O–H groups in total. The standard InChI is InChI=1S/C21H26N6O/c1-25-10-12-26(13-11-25)20-7-6-17(14-22-20)15-23-21(28)8-9-27-16-24-18-4-2-3-5-19(18)27/h2-7,14,16H,8-13,15H2,1H3,(H,23,28). The highest BCUT2D eigenvalue weighted by Gasteiger charge is 2.15. The molecule has 0 unspecified atom stereocenters. The molecular weight excluding hydrogens is 352 g/mol. The molecule has 0 radical (unpaired) electrons. The highest BCUT2D eigenvalue weighted by molar-refractivity contribution is 5.77. The number of hydrogen-bond acceptors (Lipinski definition) is 5. The van der Waals surface area contributed by atoms with Gasteiger partial charge in [-0.05, 0) is 30.8 Å². The number of piperazine rings is 1. The van der Waals surface area contributed by atoms with E-state index in [9.17, 15) is 4.79 Å². The lowest BCUT2D eigenvalue weighted by Crippen LogP contribution is -2.44. The zero-order chi connectivity index (χ0) is 19.3. The van der Waals surface area contributed by atoms with Crippen LogP contribution in [0.4, 0.5) is 5.82 Å².